The summed E-state index contributed by atoms with van der Waals surface area (Å²) >= 11 is 0. The summed E-state index contributed by atoms with van der Waals surface area (Å²) < 4.78 is 33.4. The van der Waals surface area contributed by atoms with E-state index < -0.39 is 9.84 Å². The number of hydrogen-bond donors (Lipinski definition) is 1. The second-order valence-electron chi connectivity index (χ2n) is 9.27. The van der Waals surface area contributed by atoms with Crippen LogP contribution in [0.25, 0.3) is 22.0 Å². The van der Waals surface area contributed by atoms with Crippen LogP contribution in [-0.4, -0.2) is 23.2 Å². The topological polar surface area (TPSA) is 81.2 Å². The lowest BCUT2D eigenvalue weighted by Crippen LogP contribution is -2.16. The van der Waals surface area contributed by atoms with Gasteiger partial charge in [-0.2, -0.15) is 0 Å². The monoisotopic (exact) mass is 480 g/mol. The Bertz CT molecular complexity index is 1470. The van der Waals surface area contributed by atoms with E-state index in [0.29, 0.717) is 35.4 Å². The number of nitrogens with zero attached hydrogens (tertiary/aromatic N) is 1. The van der Waals surface area contributed by atoms with E-state index in [1.165, 1.54) is 4.57 Å². The lowest BCUT2D eigenvalue weighted by atomic mass is 10.0. The molecule has 1 saturated carbocycles. The van der Waals surface area contributed by atoms with E-state index in [4.69, 9.17) is 4.74 Å². The molecule has 0 aliphatic heterocycles. The highest BCUT2D eigenvalue weighted by atomic mass is 32.2. The Morgan fingerprint density at radius 1 is 1.03 bits per heavy atom. The maximum atomic E-state index is 12.9. The van der Waals surface area contributed by atoms with Crippen molar-refractivity contribution >= 4 is 20.7 Å². The third-order valence-electron chi connectivity index (χ3n) is 5.40. The number of pyridine rings is 1. The van der Waals surface area contributed by atoms with Crippen LogP contribution >= 0.6 is 0 Å². The minimum absolute atomic E-state index is 0. The molecule has 6 nitrogen and oxygen atoms in total. The van der Waals surface area contributed by atoms with Crippen molar-refractivity contribution in [2.45, 2.75) is 43.8 Å². The van der Waals surface area contributed by atoms with E-state index >= 15 is 0 Å². The van der Waals surface area contributed by atoms with Crippen LogP contribution in [0.5, 0.6) is 11.5 Å². The van der Waals surface area contributed by atoms with Crippen LogP contribution < -0.4 is 10.3 Å². The van der Waals surface area contributed by atoms with Crippen LogP contribution in [0.3, 0.4) is 0 Å². The van der Waals surface area contributed by atoms with Gasteiger partial charge in [-0.3, -0.25) is 4.79 Å². The molecular weight excluding hydrogens is 448 g/mol. The standard InChI is InChI=1S/C23H20N2O4S.C4H10.H2/c1-25-14-20(18-11-12-24-22(18)23(25)26)19-13-17(30(27,28)16-7-8-16)9-10-21(19)29-15-5-3-2-4-6-15;1-4(2)3;/h2-6,9-14,16,24H,7-8H2,1H3;4H,1-3H3;1H. The molecule has 0 saturated heterocycles. The second-order valence-corrected chi connectivity index (χ2v) is 11.5. The fourth-order valence-electron chi connectivity index (χ4n) is 3.66. The number of aromatic amines is 1. The Morgan fingerprint density at radius 3 is 2.35 bits per heavy atom. The zero-order valence-corrected chi connectivity index (χ0v) is 20.7. The summed E-state index contributed by atoms with van der Waals surface area (Å²) in [5, 5.41) is 0.413. The van der Waals surface area contributed by atoms with E-state index in [0.717, 1.165) is 16.9 Å². The molecule has 2 aromatic carbocycles. The highest BCUT2D eigenvalue weighted by Gasteiger charge is 2.37. The molecule has 1 aliphatic rings. The number of aromatic nitrogens is 2. The van der Waals surface area contributed by atoms with Gasteiger partial charge in [0.05, 0.1) is 10.1 Å². The fraction of sp³-hybridized carbons (Fsp3) is 0.296. The summed E-state index contributed by atoms with van der Waals surface area (Å²) in [4.78, 5) is 15.7. The molecule has 1 fully saturated rings. The molecule has 34 heavy (non-hydrogen) atoms. The van der Waals surface area contributed by atoms with Crippen molar-refractivity contribution in [3.8, 4) is 22.6 Å². The van der Waals surface area contributed by atoms with Crippen molar-refractivity contribution in [1.29, 1.82) is 0 Å². The first-order chi connectivity index (χ1) is 16.2. The van der Waals surface area contributed by atoms with Gasteiger partial charge in [0.1, 0.15) is 17.0 Å². The molecule has 2 aromatic heterocycles. The van der Waals surface area contributed by atoms with Crippen molar-refractivity contribution in [2.75, 3.05) is 0 Å². The third-order valence-corrected chi connectivity index (χ3v) is 7.66. The first-order valence-electron chi connectivity index (χ1n) is 11.5. The largest absolute Gasteiger partial charge is 0.457 e. The molecule has 0 radical (unpaired) electrons. The molecule has 5 rings (SSSR count). The van der Waals surface area contributed by atoms with Gasteiger partial charge in [0.2, 0.25) is 0 Å². The smallest absolute Gasteiger partial charge is 0.274 e. The Hall–Kier alpha value is -3.32. The van der Waals surface area contributed by atoms with E-state index in [2.05, 4.69) is 25.8 Å². The minimum atomic E-state index is -3.38. The highest BCUT2D eigenvalue weighted by molar-refractivity contribution is 7.92. The van der Waals surface area contributed by atoms with Crippen molar-refractivity contribution in [2.24, 2.45) is 13.0 Å². The average Bonchev–Trinajstić information content (AvgIpc) is 3.55. The summed E-state index contributed by atoms with van der Waals surface area (Å²) in [7, 11) is -1.70. The number of nitrogens with one attached hydrogen (secondary N) is 1. The third kappa shape index (κ3) is 4.94. The molecule has 180 valence electrons. The van der Waals surface area contributed by atoms with Gasteiger partial charge in [-0.05, 0) is 55.2 Å². The number of fused-ring (bicyclic) bond motifs is 1. The summed E-state index contributed by atoms with van der Waals surface area (Å²) in [6.45, 7) is 6.50. The van der Waals surface area contributed by atoms with Crippen molar-refractivity contribution in [3.05, 3.63) is 77.3 Å². The number of ether oxygens (including phenoxy) is 1. The quantitative estimate of drug-likeness (QED) is 0.370. The predicted octanol–water partition coefficient (Wildman–Crippen LogP) is 6.17. The summed E-state index contributed by atoms with van der Waals surface area (Å²) in [6, 6.07) is 16.1. The summed E-state index contributed by atoms with van der Waals surface area (Å²) in [5.41, 5.74) is 1.68. The second kappa shape index (κ2) is 9.50. The van der Waals surface area contributed by atoms with Gasteiger partial charge in [-0.25, -0.2) is 8.42 Å². The number of aryl methyl sites for hydroxylation is 1. The minimum Gasteiger partial charge on any atom is -0.457 e. The summed E-state index contributed by atoms with van der Waals surface area (Å²) in [6.07, 6.45) is 4.82. The van der Waals surface area contributed by atoms with Gasteiger partial charge in [-0.15, -0.1) is 0 Å². The van der Waals surface area contributed by atoms with E-state index in [1.54, 1.807) is 37.6 Å². The zero-order valence-electron chi connectivity index (χ0n) is 19.9. The van der Waals surface area contributed by atoms with Gasteiger partial charge >= 0.3 is 0 Å². The van der Waals surface area contributed by atoms with Gasteiger partial charge in [0.15, 0.2) is 9.84 Å². The molecule has 0 unspecified atom stereocenters. The van der Waals surface area contributed by atoms with Crippen LogP contribution in [0.2, 0.25) is 0 Å². The maximum absolute atomic E-state index is 12.9. The average molecular weight is 481 g/mol. The molecule has 4 aromatic rings. The molecule has 1 aliphatic carbocycles. The SMILES string of the molecule is CC(C)C.Cn1cc(-c2cc(S(=O)(=O)C3CC3)ccc2Oc2ccccc2)c2cc[nH]c2c1=O.[HH]. The van der Waals surface area contributed by atoms with E-state index in [9.17, 15) is 13.2 Å². The Balaban J connectivity index is 0.000000638. The first-order valence-corrected chi connectivity index (χ1v) is 13.0. The normalized spacial score (nSPS) is 13.6. The van der Waals surface area contributed by atoms with Crippen LogP contribution in [0.4, 0.5) is 0 Å². The molecule has 1 N–H and O–H groups in total. The molecule has 0 spiro atoms. The molecule has 2 heterocycles. The number of rotatable bonds is 5. The van der Waals surface area contributed by atoms with Gasteiger partial charge < -0.3 is 14.3 Å². The molecule has 0 amide bonds. The first kappa shape index (κ1) is 23.8. The molecule has 0 atom stereocenters. The van der Waals surface area contributed by atoms with Crippen molar-refractivity contribution in [1.82, 2.24) is 9.55 Å². The number of hydrogen-bond acceptors (Lipinski definition) is 4. The van der Waals surface area contributed by atoms with Crippen molar-refractivity contribution < 1.29 is 14.6 Å². The lowest BCUT2D eigenvalue weighted by molar-refractivity contribution is 0.484. The van der Waals surface area contributed by atoms with Crippen LogP contribution in [0.15, 0.2) is 76.7 Å². The lowest BCUT2D eigenvalue weighted by Gasteiger charge is -2.15. The Morgan fingerprint density at radius 2 is 1.71 bits per heavy atom. The molecular formula is C27H32N2O4S. The zero-order chi connectivity index (χ0) is 24.5. The summed E-state index contributed by atoms with van der Waals surface area (Å²) in [5.74, 6) is 2.00. The van der Waals surface area contributed by atoms with E-state index in [1.807, 2.05) is 36.4 Å². The van der Waals surface area contributed by atoms with Crippen LogP contribution in [-0.2, 0) is 16.9 Å². The van der Waals surface area contributed by atoms with Crippen LogP contribution in [0, 0.1) is 5.92 Å². The van der Waals surface area contributed by atoms with Gasteiger partial charge in [0, 0.05) is 37.4 Å². The Kier molecular flexibility index (Phi) is 6.66. The molecule has 7 heteroatoms. The van der Waals surface area contributed by atoms with Gasteiger partial charge in [-0.1, -0.05) is 39.0 Å². The molecule has 0 bridgehead atoms. The van der Waals surface area contributed by atoms with Crippen molar-refractivity contribution in [3.63, 3.8) is 0 Å². The van der Waals surface area contributed by atoms with Gasteiger partial charge in [0.25, 0.3) is 5.56 Å². The van der Waals surface area contributed by atoms with Crippen LogP contribution in [0.1, 0.15) is 35.0 Å². The predicted molar refractivity (Wildman–Crippen MR) is 138 cm³/mol. The number of sulfone groups is 1. The number of H-pyrrole nitrogens is 1. The highest BCUT2D eigenvalue weighted by Crippen LogP contribution is 2.40. The fourth-order valence-corrected chi connectivity index (χ4v) is 5.34. The number of benzene rings is 2. The van der Waals surface area contributed by atoms with E-state index in [-0.39, 0.29) is 17.1 Å². The Labute approximate surface area is 201 Å². The maximum Gasteiger partial charge on any atom is 0.274 e. The number of para-hydroxylation sites is 1.